The molecule has 30 heavy (non-hydrogen) atoms. The molecule has 2 heterocycles. The highest BCUT2D eigenvalue weighted by molar-refractivity contribution is 5.96. The van der Waals surface area contributed by atoms with Crippen LogP contribution < -0.4 is 5.01 Å². The van der Waals surface area contributed by atoms with Gasteiger partial charge in [0.2, 0.25) is 0 Å². The van der Waals surface area contributed by atoms with Gasteiger partial charge in [-0.3, -0.25) is 14.6 Å². The maximum atomic E-state index is 13.4. The van der Waals surface area contributed by atoms with Crippen LogP contribution in [-0.4, -0.2) is 60.0 Å². The Morgan fingerprint density at radius 2 is 1.37 bits per heavy atom. The Morgan fingerprint density at radius 3 is 1.90 bits per heavy atom. The molecule has 2 aliphatic heterocycles. The third-order valence-corrected chi connectivity index (χ3v) is 5.41. The number of halogens is 2. The summed E-state index contributed by atoms with van der Waals surface area (Å²) in [5, 5.41) is 6.38. The first-order chi connectivity index (χ1) is 14.4. The van der Waals surface area contributed by atoms with Crippen molar-refractivity contribution in [3.63, 3.8) is 0 Å². The van der Waals surface area contributed by atoms with Gasteiger partial charge in [0.15, 0.2) is 11.6 Å². The number of anilines is 1. The second-order valence-corrected chi connectivity index (χ2v) is 7.47. The molecule has 1 saturated heterocycles. The zero-order valence-corrected chi connectivity index (χ0v) is 16.6. The van der Waals surface area contributed by atoms with Gasteiger partial charge in [-0.25, -0.2) is 8.78 Å². The summed E-state index contributed by atoms with van der Waals surface area (Å²) in [5.74, 6) is -2.50. The Hall–Kier alpha value is -3.29. The van der Waals surface area contributed by atoms with Crippen molar-refractivity contribution in [2.45, 2.75) is 13.3 Å². The summed E-state index contributed by atoms with van der Waals surface area (Å²) in [7, 11) is 0. The SMILES string of the molecule is CC1=NN(c2ccc(C(=O)N3CCN(C(=O)c4ccc(F)c(F)c4)CC3)cc2)CC1. The lowest BCUT2D eigenvalue weighted by atomic mass is 10.1. The van der Waals surface area contributed by atoms with E-state index in [1.165, 1.54) is 6.07 Å². The topological polar surface area (TPSA) is 56.2 Å². The van der Waals surface area contributed by atoms with E-state index in [4.69, 9.17) is 0 Å². The maximum absolute atomic E-state index is 13.4. The minimum atomic E-state index is -1.05. The zero-order valence-electron chi connectivity index (χ0n) is 16.6. The molecule has 0 aliphatic carbocycles. The van der Waals surface area contributed by atoms with Crippen molar-refractivity contribution in [2.24, 2.45) is 5.10 Å². The summed E-state index contributed by atoms with van der Waals surface area (Å²) < 4.78 is 26.5. The van der Waals surface area contributed by atoms with Gasteiger partial charge in [0, 0.05) is 56.0 Å². The van der Waals surface area contributed by atoms with Gasteiger partial charge in [-0.1, -0.05) is 0 Å². The molecule has 0 radical (unpaired) electrons. The predicted molar refractivity (Wildman–Crippen MR) is 110 cm³/mol. The standard InChI is InChI=1S/C22H22F2N4O2/c1-15-8-9-28(25-15)18-5-2-16(3-6-18)21(29)26-10-12-27(13-11-26)22(30)17-4-7-19(23)20(24)14-17/h2-7,14H,8-13H2,1H3. The molecule has 0 atom stereocenters. The number of amides is 2. The lowest BCUT2D eigenvalue weighted by Crippen LogP contribution is -2.50. The smallest absolute Gasteiger partial charge is 0.254 e. The number of rotatable bonds is 3. The highest BCUT2D eigenvalue weighted by Crippen LogP contribution is 2.21. The fourth-order valence-corrected chi connectivity index (χ4v) is 3.64. The molecule has 0 N–H and O–H groups in total. The van der Waals surface area contributed by atoms with Crippen molar-refractivity contribution in [3.05, 3.63) is 65.2 Å². The molecule has 0 saturated carbocycles. The third kappa shape index (κ3) is 4.03. The van der Waals surface area contributed by atoms with Gasteiger partial charge < -0.3 is 9.80 Å². The van der Waals surface area contributed by atoms with E-state index in [0.29, 0.717) is 31.7 Å². The van der Waals surface area contributed by atoms with Crippen molar-refractivity contribution < 1.29 is 18.4 Å². The van der Waals surface area contributed by atoms with Crippen molar-refractivity contribution >= 4 is 23.2 Å². The van der Waals surface area contributed by atoms with Gasteiger partial charge in [-0.2, -0.15) is 5.10 Å². The van der Waals surface area contributed by atoms with Crippen LogP contribution in [0.2, 0.25) is 0 Å². The number of benzene rings is 2. The molecule has 0 aromatic heterocycles. The number of hydrazone groups is 1. The van der Waals surface area contributed by atoms with Gasteiger partial charge in [0.1, 0.15) is 0 Å². The van der Waals surface area contributed by atoms with Gasteiger partial charge in [-0.15, -0.1) is 0 Å². The van der Waals surface area contributed by atoms with E-state index >= 15 is 0 Å². The summed E-state index contributed by atoms with van der Waals surface area (Å²) in [5.41, 5.74) is 2.72. The van der Waals surface area contributed by atoms with Crippen LogP contribution in [0.25, 0.3) is 0 Å². The summed E-state index contributed by atoms with van der Waals surface area (Å²) in [6.45, 7) is 4.27. The highest BCUT2D eigenvalue weighted by Gasteiger charge is 2.26. The number of carbonyl (C=O) groups is 2. The normalized spacial score (nSPS) is 16.6. The Bertz CT molecular complexity index is 999. The first-order valence-corrected chi connectivity index (χ1v) is 9.87. The molecular formula is C22H22F2N4O2. The molecule has 8 heteroatoms. The molecule has 0 spiro atoms. The number of carbonyl (C=O) groups excluding carboxylic acids is 2. The Balaban J connectivity index is 1.36. The Kier molecular flexibility index (Phi) is 5.48. The van der Waals surface area contributed by atoms with E-state index in [9.17, 15) is 18.4 Å². The predicted octanol–water partition coefficient (Wildman–Crippen LogP) is 3.15. The van der Waals surface area contributed by atoms with Crippen LogP contribution >= 0.6 is 0 Å². The highest BCUT2D eigenvalue weighted by atomic mass is 19.2. The molecule has 0 unspecified atom stereocenters. The van der Waals surface area contributed by atoms with E-state index in [1.54, 1.807) is 21.9 Å². The largest absolute Gasteiger partial charge is 0.335 e. The van der Waals surface area contributed by atoms with Crippen LogP contribution in [0.15, 0.2) is 47.6 Å². The molecule has 2 aromatic rings. The molecule has 4 rings (SSSR count). The number of hydrogen-bond acceptors (Lipinski definition) is 4. The number of piperazine rings is 1. The Morgan fingerprint density at radius 1 is 0.800 bits per heavy atom. The van der Waals surface area contributed by atoms with Crippen LogP contribution in [0.4, 0.5) is 14.5 Å². The minimum absolute atomic E-state index is 0.0948. The van der Waals surface area contributed by atoms with Crippen LogP contribution in [0.3, 0.4) is 0 Å². The van der Waals surface area contributed by atoms with E-state index in [-0.39, 0.29) is 17.4 Å². The fourth-order valence-electron chi connectivity index (χ4n) is 3.64. The molecule has 2 aliphatic rings. The van der Waals surface area contributed by atoms with Crippen LogP contribution in [0.1, 0.15) is 34.1 Å². The molecule has 156 valence electrons. The van der Waals surface area contributed by atoms with Gasteiger partial charge in [0.05, 0.1) is 5.69 Å². The fraction of sp³-hybridized carbons (Fsp3) is 0.318. The molecular weight excluding hydrogens is 390 g/mol. The summed E-state index contributed by atoms with van der Waals surface area (Å²) in [6.07, 6.45) is 0.939. The van der Waals surface area contributed by atoms with E-state index in [0.717, 1.165) is 36.5 Å². The van der Waals surface area contributed by atoms with Crippen molar-refractivity contribution in [1.82, 2.24) is 9.80 Å². The van der Waals surface area contributed by atoms with Gasteiger partial charge in [0.25, 0.3) is 11.8 Å². The molecule has 2 amide bonds. The van der Waals surface area contributed by atoms with Crippen molar-refractivity contribution in [2.75, 3.05) is 37.7 Å². The van der Waals surface area contributed by atoms with Crippen LogP contribution in [0, 0.1) is 11.6 Å². The number of nitrogens with zero attached hydrogens (tertiary/aromatic N) is 4. The van der Waals surface area contributed by atoms with Gasteiger partial charge >= 0.3 is 0 Å². The summed E-state index contributed by atoms with van der Waals surface area (Å²) >= 11 is 0. The first-order valence-electron chi connectivity index (χ1n) is 9.87. The van der Waals surface area contributed by atoms with Crippen LogP contribution in [-0.2, 0) is 0 Å². The molecule has 6 nitrogen and oxygen atoms in total. The quantitative estimate of drug-likeness (QED) is 0.778. The van der Waals surface area contributed by atoms with Crippen LogP contribution in [0.5, 0.6) is 0 Å². The second-order valence-electron chi connectivity index (χ2n) is 7.47. The van der Waals surface area contributed by atoms with E-state index in [1.807, 2.05) is 24.1 Å². The molecule has 0 bridgehead atoms. The molecule has 1 fully saturated rings. The zero-order chi connectivity index (χ0) is 21.3. The van der Waals surface area contributed by atoms with Crippen molar-refractivity contribution in [3.8, 4) is 0 Å². The minimum Gasteiger partial charge on any atom is -0.335 e. The lowest BCUT2D eigenvalue weighted by molar-refractivity contribution is 0.0535. The monoisotopic (exact) mass is 412 g/mol. The molecule has 2 aromatic carbocycles. The first kappa shape index (κ1) is 20.0. The Labute approximate surface area is 173 Å². The van der Waals surface area contributed by atoms with Crippen molar-refractivity contribution in [1.29, 1.82) is 0 Å². The van der Waals surface area contributed by atoms with E-state index < -0.39 is 11.6 Å². The lowest BCUT2D eigenvalue weighted by Gasteiger charge is -2.35. The summed E-state index contributed by atoms with van der Waals surface area (Å²) in [6, 6.07) is 10.5. The third-order valence-electron chi connectivity index (χ3n) is 5.41. The van der Waals surface area contributed by atoms with E-state index in [2.05, 4.69) is 5.10 Å². The summed E-state index contributed by atoms with van der Waals surface area (Å²) in [4.78, 5) is 28.6. The van der Waals surface area contributed by atoms with Gasteiger partial charge in [-0.05, 0) is 49.4 Å². The maximum Gasteiger partial charge on any atom is 0.254 e. The average Bonchev–Trinajstić information content (AvgIpc) is 3.21. The average molecular weight is 412 g/mol. The number of hydrogen-bond donors (Lipinski definition) is 0. The second kappa shape index (κ2) is 8.22.